The number of carbonyl (C=O) groups excluding carboxylic acids is 3. The molecule has 0 radical (unpaired) electrons. The van der Waals surface area contributed by atoms with Crippen molar-refractivity contribution in [1.29, 1.82) is 0 Å². The SMILES string of the molecule is CCC(C)NC(=O)CN(C(=O)CNC1CC1)C(=O)CNC1CC1. The van der Waals surface area contributed by atoms with E-state index in [2.05, 4.69) is 16.0 Å². The van der Waals surface area contributed by atoms with Crippen LogP contribution < -0.4 is 16.0 Å². The van der Waals surface area contributed by atoms with Gasteiger partial charge in [-0.25, -0.2) is 0 Å². The van der Waals surface area contributed by atoms with Crippen molar-refractivity contribution in [3.05, 3.63) is 0 Å². The fourth-order valence-electron chi connectivity index (χ4n) is 2.11. The molecule has 7 heteroatoms. The van der Waals surface area contributed by atoms with Gasteiger partial charge < -0.3 is 16.0 Å². The molecule has 2 saturated carbocycles. The van der Waals surface area contributed by atoms with E-state index in [1.807, 2.05) is 13.8 Å². The second kappa shape index (κ2) is 8.40. The number of nitrogens with one attached hydrogen (secondary N) is 3. The molecule has 0 aromatic rings. The van der Waals surface area contributed by atoms with E-state index >= 15 is 0 Å². The Kier molecular flexibility index (Phi) is 6.53. The molecule has 2 fully saturated rings. The Hall–Kier alpha value is -1.47. The van der Waals surface area contributed by atoms with Crippen LogP contribution in [0.5, 0.6) is 0 Å². The molecule has 0 spiro atoms. The minimum Gasteiger partial charge on any atom is -0.352 e. The van der Waals surface area contributed by atoms with Gasteiger partial charge in [0.1, 0.15) is 6.54 Å². The van der Waals surface area contributed by atoms with Gasteiger partial charge in [-0.3, -0.25) is 19.3 Å². The largest absolute Gasteiger partial charge is 0.352 e. The van der Waals surface area contributed by atoms with Gasteiger partial charge in [0.25, 0.3) is 0 Å². The van der Waals surface area contributed by atoms with E-state index in [9.17, 15) is 14.4 Å². The molecule has 0 aromatic heterocycles. The Bertz CT molecular complexity index is 419. The van der Waals surface area contributed by atoms with Gasteiger partial charge in [-0.15, -0.1) is 0 Å². The molecule has 0 heterocycles. The lowest BCUT2D eigenvalue weighted by Crippen LogP contribution is -2.51. The van der Waals surface area contributed by atoms with Gasteiger partial charge in [0, 0.05) is 18.1 Å². The van der Waals surface area contributed by atoms with Crippen molar-refractivity contribution in [2.24, 2.45) is 0 Å². The van der Waals surface area contributed by atoms with Gasteiger partial charge in [-0.1, -0.05) is 6.92 Å². The smallest absolute Gasteiger partial charge is 0.243 e. The summed E-state index contributed by atoms with van der Waals surface area (Å²) < 4.78 is 0. The van der Waals surface area contributed by atoms with Crippen molar-refractivity contribution in [3.63, 3.8) is 0 Å². The summed E-state index contributed by atoms with van der Waals surface area (Å²) in [6, 6.07) is 0.799. The number of rotatable bonds is 10. The summed E-state index contributed by atoms with van der Waals surface area (Å²) in [6.07, 6.45) is 5.08. The maximum absolute atomic E-state index is 12.3. The first-order chi connectivity index (χ1) is 11.0. The molecular weight excluding hydrogens is 296 g/mol. The van der Waals surface area contributed by atoms with E-state index in [0.29, 0.717) is 12.1 Å². The van der Waals surface area contributed by atoms with Crippen molar-refractivity contribution in [2.45, 2.75) is 64.1 Å². The van der Waals surface area contributed by atoms with Crippen LogP contribution in [-0.2, 0) is 14.4 Å². The van der Waals surface area contributed by atoms with Crippen LogP contribution >= 0.6 is 0 Å². The lowest BCUT2D eigenvalue weighted by molar-refractivity contribution is -0.147. The van der Waals surface area contributed by atoms with Crippen molar-refractivity contribution in [3.8, 4) is 0 Å². The molecule has 3 N–H and O–H groups in total. The first kappa shape index (κ1) is 17.9. The second-order valence-electron chi connectivity index (χ2n) is 6.56. The minimum atomic E-state index is -0.334. The van der Waals surface area contributed by atoms with Crippen LogP contribution in [0.2, 0.25) is 0 Å². The Balaban J connectivity index is 1.86. The lowest BCUT2D eigenvalue weighted by atomic mass is 10.2. The lowest BCUT2D eigenvalue weighted by Gasteiger charge is -2.22. The van der Waals surface area contributed by atoms with Crippen molar-refractivity contribution in [2.75, 3.05) is 19.6 Å². The molecule has 130 valence electrons. The van der Waals surface area contributed by atoms with Crippen molar-refractivity contribution >= 4 is 17.7 Å². The van der Waals surface area contributed by atoms with E-state index in [-0.39, 0.29) is 43.4 Å². The molecule has 2 aliphatic carbocycles. The Morgan fingerprint density at radius 2 is 1.48 bits per heavy atom. The molecule has 3 amide bonds. The highest BCUT2D eigenvalue weighted by Crippen LogP contribution is 2.19. The maximum atomic E-state index is 12.3. The third-order valence-electron chi connectivity index (χ3n) is 4.16. The zero-order valence-electron chi connectivity index (χ0n) is 14.1. The van der Waals surface area contributed by atoms with Crippen LogP contribution in [0.1, 0.15) is 46.0 Å². The van der Waals surface area contributed by atoms with E-state index in [4.69, 9.17) is 0 Å². The Morgan fingerprint density at radius 3 is 1.87 bits per heavy atom. The van der Waals surface area contributed by atoms with E-state index in [1.54, 1.807) is 0 Å². The van der Waals surface area contributed by atoms with Gasteiger partial charge in [-0.2, -0.15) is 0 Å². The average molecular weight is 324 g/mol. The standard InChI is InChI=1S/C16H28N4O3/c1-3-11(2)19-14(21)10-20(15(22)8-17-12-4-5-12)16(23)9-18-13-6-7-13/h11-13,17-18H,3-10H2,1-2H3,(H,19,21). The summed E-state index contributed by atoms with van der Waals surface area (Å²) in [4.78, 5) is 37.7. The van der Waals surface area contributed by atoms with Crippen molar-refractivity contribution in [1.82, 2.24) is 20.9 Å². The molecule has 0 bridgehead atoms. The highest BCUT2D eigenvalue weighted by atomic mass is 16.2. The quantitative estimate of drug-likeness (QED) is 0.516. The number of hydrogen-bond donors (Lipinski definition) is 3. The zero-order valence-corrected chi connectivity index (χ0v) is 14.1. The van der Waals surface area contributed by atoms with Gasteiger partial charge in [0.15, 0.2) is 0 Å². The van der Waals surface area contributed by atoms with Crippen LogP contribution in [0.25, 0.3) is 0 Å². The topological polar surface area (TPSA) is 90.5 Å². The molecule has 0 aliphatic heterocycles. The zero-order chi connectivity index (χ0) is 16.8. The summed E-state index contributed by atoms with van der Waals surface area (Å²) in [6.45, 7) is 3.88. The molecule has 0 aromatic carbocycles. The molecule has 2 aliphatic rings. The third kappa shape index (κ3) is 6.66. The molecular formula is C16H28N4O3. The predicted octanol–water partition coefficient (Wildman–Crippen LogP) is -0.240. The van der Waals surface area contributed by atoms with Gasteiger partial charge >= 0.3 is 0 Å². The Labute approximate surface area is 137 Å². The Morgan fingerprint density at radius 1 is 1.00 bits per heavy atom. The normalized spacial score (nSPS) is 18.3. The highest BCUT2D eigenvalue weighted by Gasteiger charge is 2.28. The number of imide groups is 1. The van der Waals surface area contributed by atoms with Gasteiger partial charge in [0.2, 0.25) is 17.7 Å². The van der Waals surface area contributed by atoms with Crippen LogP contribution in [0.3, 0.4) is 0 Å². The summed E-state index contributed by atoms with van der Waals surface area (Å²) in [7, 11) is 0. The fourth-order valence-corrected chi connectivity index (χ4v) is 2.11. The van der Waals surface area contributed by atoms with Crippen molar-refractivity contribution < 1.29 is 14.4 Å². The van der Waals surface area contributed by atoms with Crippen LogP contribution in [0.4, 0.5) is 0 Å². The molecule has 7 nitrogen and oxygen atoms in total. The number of hydrogen-bond acceptors (Lipinski definition) is 5. The summed E-state index contributed by atoms with van der Waals surface area (Å²) in [5.74, 6) is -0.962. The number of amides is 3. The molecule has 23 heavy (non-hydrogen) atoms. The number of nitrogens with zero attached hydrogens (tertiary/aromatic N) is 1. The summed E-state index contributed by atoms with van der Waals surface area (Å²) >= 11 is 0. The van der Waals surface area contributed by atoms with E-state index in [1.165, 1.54) is 0 Å². The maximum Gasteiger partial charge on any atom is 0.243 e. The molecule has 1 atom stereocenters. The predicted molar refractivity (Wildman–Crippen MR) is 86.7 cm³/mol. The third-order valence-corrected chi connectivity index (χ3v) is 4.16. The summed E-state index contributed by atoms with van der Waals surface area (Å²) in [5, 5.41) is 9.00. The highest BCUT2D eigenvalue weighted by molar-refractivity contribution is 6.00. The monoisotopic (exact) mass is 324 g/mol. The van der Waals surface area contributed by atoms with E-state index < -0.39 is 0 Å². The number of carbonyl (C=O) groups is 3. The summed E-state index contributed by atoms with van der Waals surface area (Å²) in [5.41, 5.74) is 0. The fraction of sp³-hybridized carbons (Fsp3) is 0.812. The first-order valence-corrected chi connectivity index (χ1v) is 8.59. The average Bonchev–Trinajstić information content (AvgIpc) is 3.41. The van der Waals surface area contributed by atoms with Crippen LogP contribution in [0.15, 0.2) is 0 Å². The molecule has 2 rings (SSSR count). The van der Waals surface area contributed by atoms with Gasteiger partial charge in [-0.05, 0) is 39.0 Å². The van der Waals surface area contributed by atoms with Crippen LogP contribution in [-0.4, -0.2) is 60.4 Å². The van der Waals surface area contributed by atoms with Gasteiger partial charge in [0.05, 0.1) is 13.1 Å². The van der Waals surface area contributed by atoms with Crippen LogP contribution in [0, 0.1) is 0 Å². The minimum absolute atomic E-state index is 0.0312. The molecule has 0 saturated heterocycles. The first-order valence-electron chi connectivity index (χ1n) is 8.59. The molecule has 1 unspecified atom stereocenters. The van der Waals surface area contributed by atoms with E-state index in [0.717, 1.165) is 37.0 Å². The second-order valence-corrected chi connectivity index (χ2v) is 6.56.